The Morgan fingerprint density at radius 3 is 2.32 bits per heavy atom. The zero-order chi connectivity index (χ0) is 16.8. The molecule has 1 N–H and O–H groups in total. The van der Waals surface area contributed by atoms with Crippen molar-refractivity contribution in [2.45, 2.75) is 58.6 Å². The van der Waals surface area contributed by atoms with E-state index in [0.29, 0.717) is 24.8 Å². The van der Waals surface area contributed by atoms with Crippen molar-refractivity contribution in [1.29, 1.82) is 0 Å². The predicted molar refractivity (Wildman–Crippen MR) is 83.0 cm³/mol. The van der Waals surface area contributed by atoms with E-state index in [2.05, 4.69) is 5.32 Å². The highest BCUT2D eigenvalue weighted by atomic mass is 19.1. The summed E-state index contributed by atoms with van der Waals surface area (Å²) in [5.41, 5.74) is 0.262. The molecule has 0 bridgehead atoms. The van der Waals surface area contributed by atoms with Crippen LogP contribution >= 0.6 is 0 Å². The van der Waals surface area contributed by atoms with Crippen LogP contribution in [0.15, 0.2) is 24.3 Å². The second-order valence-corrected chi connectivity index (χ2v) is 6.25. The van der Waals surface area contributed by atoms with Crippen molar-refractivity contribution < 1.29 is 18.7 Å². The largest absolute Gasteiger partial charge is 0.441 e. The number of hydrogen-bond acceptors (Lipinski definition) is 3. The molecule has 5 heteroatoms. The molecular weight excluding hydrogens is 285 g/mol. The third-order valence-electron chi connectivity index (χ3n) is 3.05. The molecule has 0 aliphatic carbocycles. The fourth-order valence-electron chi connectivity index (χ4n) is 1.90. The molecule has 0 fully saturated rings. The van der Waals surface area contributed by atoms with Gasteiger partial charge in [-0.15, -0.1) is 0 Å². The highest BCUT2D eigenvalue weighted by Crippen LogP contribution is 2.24. The van der Waals surface area contributed by atoms with Crippen LogP contribution in [0, 0.1) is 5.82 Å². The molecule has 0 aliphatic heterocycles. The van der Waals surface area contributed by atoms with E-state index in [9.17, 15) is 14.0 Å². The van der Waals surface area contributed by atoms with E-state index in [1.54, 1.807) is 19.1 Å². The van der Waals surface area contributed by atoms with Gasteiger partial charge in [0.05, 0.1) is 0 Å². The van der Waals surface area contributed by atoms with Gasteiger partial charge >= 0.3 is 6.09 Å². The highest BCUT2D eigenvalue weighted by molar-refractivity contribution is 5.78. The lowest BCUT2D eigenvalue weighted by Gasteiger charge is -2.24. The van der Waals surface area contributed by atoms with Gasteiger partial charge in [0.1, 0.15) is 17.7 Å². The first-order valence-corrected chi connectivity index (χ1v) is 7.47. The standard InChI is InChI=1S/C17H24FNO3/c1-5-14(20)10-11-15(12-6-8-13(18)9-7-12)22-16(21)19-17(2,3)4/h6-9,15H,5,10-11H2,1-4H3,(H,19,21)/t15-/m1/s1. The van der Waals surface area contributed by atoms with Crippen molar-refractivity contribution in [2.24, 2.45) is 0 Å². The Balaban J connectivity index is 2.79. The summed E-state index contributed by atoms with van der Waals surface area (Å²) in [7, 11) is 0. The van der Waals surface area contributed by atoms with Gasteiger partial charge in [-0.05, 0) is 44.9 Å². The Labute approximate surface area is 131 Å². The number of nitrogens with one attached hydrogen (secondary N) is 1. The van der Waals surface area contributed by atoms with Gasteiger partial charge in [0.25, 0.3) is 0 Å². The summed E-state index contributed by atoms with van der Waals surface area (Å²) in [5.74, 6) is -0.252. The molecule has 1 amide bonds. The molecule has 22 heavy (non-hydrogen) atoms. The molecule has 1 rings (SSSR count). The van der Waals surface area contributed by atoms with E-state index in [0.717, 1.165) is 0 Å². The monoisotopic (exact) mass is 309 g/mol. The number of alkyl carbamates (subject to hydrolysis) is 1. The first-order valence-electron chi connectivity index (χ1n) is 7.47. The predicted octanol–water partition coefficient (Wildman–Crippen LogP) is 4.15. The van der Waals surface area contributed by atoms with Crippen LogP contribution in [0.4, 0.5) is 9.18 Å². The summed E-state index contributed by atoms with van der Waals surface area (Å²) in [6, 6.07) is 5.77. The Bertz CT molecular complexity index is 506. The molecular formula is C17H24FNO3. The van der Waals surface area contributed by atoms with Crippen LogP contribution in [-0.2, 0) is 9.53 Å². The van der Waals surface area contributed by atoms with Gasteiger partial charge in [-0.3, -0.25) is 4.79 Å². The Morgan fingerprint density at radius 1 is 1.23 bits per heavy atom. The van der Waals surface area contributed by atoms with Crippen molar-refractivity contribution in [2.75, 3.05) is 0 Å². The molecule has 0 aromatic heterocycles. The van der Waals surface area contributed by atoms with Crippen molar-refractivity contribution in [3.8, 4) is 0 Å². The summed E-state index contributed by atoms with van der Waals surface area (Å²) in [6.45, 7) is 7.34. The lowest BCUT2D eigenvalue weighted by molar-refractivity contribution is -0.119. The molecule has 122 valence electrons. The normalized spacial score (nSPS) is 12.6. The highest BCUT2D eigenvalue weighted by Gasteiger charge is 2.21. The molecule has 0 aliphatic rings. The summed E-state index contributed by atoms with van der Waals surface area (Å²) in [4.78, 5) is 23.4. The maximum Gasteiger partial charge on any atom is 0.408 e. The molecule has 1 atom stereocenters. The van der Waals surface area contributed by atoms with Gasteiger partial charge in [0.15, 0.2) is 0 Å². The maximum atomic E-state index is 13.0. The van der Waals surface area contributed by atoms with Gasteiger partial charge in [-0.1, -0.05) is 19.1 Å². The summed E-state index contributed by atoms with van der Waals surface area (Å²) in [5, 5.41) is 2.71. The van der Waals surface area contributed by atoms with E-state index in [-0.39, 0.29) is 11.6 Å². The SMILES string of the molecule is CCC(=O)CC[C@@H](OC(=O)NC(C)(C)C)c1ccc(F)cc1. The number of benzene rings is 1. The van der Waals surface area contributed by atoms with Crippen molar-refractivity contribution in [3.05, 3.63) is 35.6 Å². The van der Waals surface area contributed by atoms with Crippen molar-refractivity contribution in [1.82, 2.24) is 5.32 Å². The Kier molecular flexibility index (Phi) is 6.53. The summed E-state index contributed by atoms with van der Waals surface area (Å²) < 4.78 is 18.5. The molecule has 0 spiro atoms. The van der Waals surface area contributed by atoms with Gasteiger partial charge < -0.3 is 10.1 Å². The van der Waals surface area contributed by atoms with Gasteiger partial charge in [-0.2, -0.15) is 0 Å². The quantitative estimate of drug-likeness (QED) is 0.858. The topological polar surface area (TPSA) is 55.4 Å². The van der Waals surface area contributed by atoms with Crippen LogP contribution in [-0.4, -0.2) is 17.4 Å². The zero-order valence-electron chi connectivity index (χ0n) is 13.6. The summed E-state index contributed by atoms with van der Waals surface area (Å²) >= 11 is 0. The molecule has 4 nitrogen and oxygen atoms in total. The van der Waals surface area contributed by atoms with Crippen LogP contribution in [0.3, 0.4) is 0 Å². The molecule has 0 radical (unpaired) electrons. The molecule has 0 unspecified atom stereocenters. The minimum absolute atomic E-state index is 0.104. The number of hydrogen-bond donors (Lipinski definition) is 1. The lowest BCUT2D eigenvalue weighted by Crippen LogP contribution is -2.41. The zero-order valence-corrected chi connectivity index (χ0v) is 13.6. The number of ketones is 1. The number of ether oxygens (including phenoxy) is 1. The first-order chi connectivity index (χ1) is 10.2. The van der Waals surface area contributed by atoms with Crippen LogP contribution in [0.1, 0.15) is 58.6 Å². The molecule has 0 heterocycles. The fourth-order valence-corrected chi connectivity index (χ4v) is 1.90. The summed E-state index contributed by atoms with van der Waals surface area (Å²) in [6.07, 6.45) is 0.0332. The molecule has 0 saturated heterocycles. The smallest absolute Gasteiger partial charge is 0.408 e. The van der Waals surface area contributed by atoms with Crippen LogP contribution in [0.5, 0.6) is 0 Å². The molecule has 1 aromatic rings. The Hall–Kier alpha value is -1.91. The molecule has 1 aromatic carbocycles. The van der Waals surface area contributed by atoms with Crippen LogP contribution < -0.4 is 5.32 Å². The van der Waals surface area contributed by atoms with Crippen molar-refractivity contribution >= 4 is 11.9 Å². The average Bonchev–Trinajstić information content (AvgIpc) is 2.42. The minimum Gasteiger partial charge on any atom is -0.441 e. The van der Waals surface area contributed by atoms with E-state index < -0.39 is 17.7 Å². The van der Waals surface area contributed by atoms with E-state index in [4.69, 9.17) is 4.74 Å². The van der Waals surface area contributed by atoms with E-state index in [1.165, 1.54) is 12.1 Å². The van der Waals surface area contributed by atoms with Gasteiger partial charge in [0.2, 0.25) is 0 Å². The Morgan fingerprint density at radius 2 is 1.82 bits per heavy atom. The fraction of sp³-hybridized carbons (Fsp3) is 0.529. The second kappa shape index (κ2) is 7.92. The molecule has 0 saturated carbocycles. The first kappa shape index (κ1) is 18.1. The minimum atomic E-state index is -0.571. The van der Waals surface area contributed by atoms with Gasteiger partial charge in [-0.25, -0.2) is 9.18 Å². The van der Waals surface area contributed by atoms with Crippen LogP contribution in [0.2, 0.25) is 0 Å². The third kappa shape index (κ3) is 6.70. The van der Waals surface area contributed by atoms with Gasteiger partial charge in [0, 0.05) is 18.4 Å². The number of rotatable bonds is 6. The maximum absolute atomic E-state index is 13.0. The van der Waals surface area contributed by atoms with Crippen molar-refractivity contribution in [3.63, 3.8) is 0 Å². The number of amides is 1. The lowest BCUT2D eigenvalue weighted by atomic mass is 10.0. The number of Topliss-reactive ketones (excluding diaryl/α,β-unsaturated/α-hetero) is 1. The number of halogens is 1. The number of carbonyl (C=O) groups excluding carboxylic acids is 2. The van der Waals surface area contributed by atoms with E-state index >= 15 is 0 Å². The number of carbonyl (C=O) groups is 2. The average molecular weight is 309 g/mol. The van der Waals surface area contributed by atoms with Crippen LogP contribution in [0.25, 0.3) is 0 Å². The second-order valence-electron chi connectivity index (χ2n) is 6.25. The third-order valence-corrected chi connectivity index (χ3v) is 3.05. The van der Waals surface area contributed by atoms with E-state index in [1.807, 2.05) is 20.8 Å².